The highest BCUT2D eigenvalue weighted by Gasteiger charge is 2.21. The number of hydrogen-bond acceptors (Lipinski definition) is 4. The highest BCUT2D eigenvalue weighted by Crippen LogP contribution is 2.25. The summed E-state index contributed by atoms with van der Waals surface area (Å²) in [5.41, 5.74) is 2.90. The molecule has 0 amide bonds. The Bertz CT molecular complexity index is 870. The molecule has 1 aliphatic heterocycles. The number of benzene rings is 2. The van der Waals surface area contributed by atoms with Gasteiger partial charge < -0.3 is 4.90 Å². The second-order valence-corrected chi connectivity index (χ2v) is 6.81. The Morgan fingerprint density at radius 2 is 1.92 bits per heavy atom. The van der Waals surface area contributed by atoms with Crippen LogP contribution in [0.5, 0.6) is 0 Å². The van der Waals surface area contributed by atoms with E-state index in [2.05, 4.69) is 15.9 Å². The first-order chi connectivity index (χ1) is 12.5. The molecular weight excluding hydrogens is 353 g/mol. The van der Waals surface area contributed by atoms with Crippen LogP contribution in [0.25, 0.3) is 0 Å². The van der Waals surface area contributed by atoms with Gasteiger partial charge in [0.1, 0.15) is 5.82 Å². The summed E-state index contributed by atoms with van der Waals surface area (Å²) in [5, 5.41) is 9.58. The third-order valence-corrected chi connectivity index (χ3v) is 4.98. The summed E-state index contributed by atoms with van der Waals surface area (Å²) in [5.74, 6) is -0.345. The summed E-state index contributed by atoms with van der Waals surface area (Å²) in [4.78, 5) is 16.3. The van der Waals surface area contributed by atoms with Gasteiger partial charge >= 0.3 is 0 Å². The third-order valence-electron chi connectivity index (χ3n) is 4.63. The van der Waals surface area contributed by atoms with Gasteiger partial charge in [-0.05, 0) is 42.8 Å². The fraction of sp³-hybridized carbons (Fsp3) is 0.300. The van der Waals surface area contributed by atoms with E-state index in [9.17, 15) is 9.18 Å². The molecule has 0 aliphatic carbocycles. The molecule has 1 saturated heterocycles. The molecule has 0 N–H and O–H groups in total. The van der Waals surface area contributed by atoms with Crippen LogP contribution >= 0.6 is 11.6 Å². The number of ketones is 1. The van der Waals surface area contributed by atoms with Crippen LogP contribution in [0.2, 0.25) is 5.02 Å². The van der Waals surface area contributed by atoms with Gasteiger partial charge in [-0.1, -0.05) is 17.7 Å². The van der Waals surface area contributed by atoms with E-state index in [1.807, 2.05) is 0 Å². The first-order valence-corrected chi connectivity index (χ1v) is 8.82. The fourth-order valence-electron chi connectivity index (χ4n) is 3.20. The van der Waals surface area contributed by atoms with Gasteiger partial charge in [0.2, 0.25) is 0 Å². The molecule has 0 saturated carbocycles. The van der Waals surface area contributed by atoms with Crippen LogP contribution in [0.15, 0.2) is 36.4 Å². The van der Waals surface area contributed by atoms with E-state index in [0.29, 0.717) is 22.7 Å². The molecule has 1 heterocycles. The fourth-order valence-corrected chi connectivity index (χ4v) is 3.43. The van der Waals surface area contributed by atoms with Crippen LogP contribution in [-0.2, 0) is 6.54 Å². The number of carbonyl (C=O) groups excluding carboxylic acids is 1. The van der Waals surface area contributed by atoms with Crippen molar-refractivity contribution in [1.82, 2.24) is 4.90 Å². The average molecular weight is 372 g/mol. The zero-order chi connectivity index (χ0) is 18.7. The minimum atomic E-state index is -0.335. The number of nitrogens with zero attached hydrogens (tertiary/aromatic N) is 3. The monoisotopic (exact) mass is 371 g/mol. The van der Waals surface area contributed by atoms with Crippen LogP contribution in [0.4, 0.5) is 10.1 Å². The lowest BCUT2D eigenvalue weighted by atomic mass is 10.0. The summed E-state index contributed by atoms with van der Waals surface area (Å²) in [6, 6.07) is 11.8. The number of carbonyl (C=O) groups is 1. The van der Waals surface area contributed by atoms with Crippen molar-refractivity contribution < 1.29 is 9.18 Å². The van der Waals surface area contributed by atoms with E-state index in [-0.39, 0.29) is 11.6 Å². The SMILES string of the molecule is CC(=O)c1ccc(C#N)cc1N1CCN(Cc2ccc(F)cc2Cl)CC1. The zero-order valence-electron chi connectivity index (χ0n) is 14.5. The second kappa shape index (κ2) is 7.86. The summed E-state index contributed by atoms with van der Waals surface area (Å²) in [6.45, 7) is 5.27. The maximum Gasteiger partial charge on any atom is 0.161 e. The van der Waals surface area contributed by atoms with E-state index < -0.39 is 0 Å². The van der Waals surface area contributed by atoms with E-state index in [0.717, 1.165) is 37.4 Å². The first kappa shape index (κ1) is 18.4. The van der Waals surface area contributed by atoms with Crippen molar-refractivity contribution in [1.29, 1.82) is 5.26 Å². The maximum atomic E-state index is 13.2. The lowest BCUT2D eigenvalue weighted by Crippen LogP contribution is -2.46. The molecule has 6 heteroatoms. The number of hydrogen-bond donors (Lipinski definition) is 0. The molecular formula is C20H19ClFN3O. The van der Waals surface area contributed by atoms with Crippen molar-refractivity contribution in [3.63, 3.8) is 0 Å². The largest absolute Gasteiger partial charge is 0.368 e. The standard InChI is InChI=1S/C20H19ClFN3O/c1-14(26)18-5-2-15(12-23)10-20(18)25-8-6-24(7-9-25)13-16-3-4-17(22)11-19(16)21/h2-5,10-11H,6-9,13H2,1H3. The Morgan fingerprint density at radius 1 is 1.19 bits per heavy atom. The van der Waals surface area contributed by atoms with E-state index in [4.69, 9.17) is 16.9 Å². The predicted octanol–water partition coefficient (Wildman–Crippen LogP) is 3.88. The van der Waals surface area contributed by atoms with E-state index in [1.165, 1.54) is 19.1 Å². The van der Waals surface area contributed by atoms with Crippen LogP contribution in [0, 0.1) is 17.1 Å². The van der Waals surface area contributed by atoms with Gasteiger partial charge in [0, 0.05) is 49.0 Å². The molecule has 0 radical (unpaired) electrons. The number of anilines is 1. The van der Waals surface area contributed by atoms with Crippen molar-refractivity contribution in [2.24, 2.45) is 0 Å². The summed E-state index contributed by atoms with van der Waals surface area (Å²) >= 11 is 6.12. The predicted molar refractivity (Wildman–Crippen MR) is 100 cm³/mol. The molecule has 2 aromatic carbocycles. The third kappa shape index (κ3) is 4.04. The van der Waals surface area contributed by atoms with Gasteiger partial charge in [0.05, 0.1) is 11.6 Å². The smallest absolute Gasteiger partial charge is 0.161 e. The topological polar surface area (TPSA) is 47.3 Å². The number of halogens is 2. The van der Waals surface area contributed by atoms with Crippen LogP contribution in [0.1, 0.15) is 28.4 Å². The molecule has 0 atom stereocenters. The molecule has 4 nitrogen and oxygen atoms in total. The minimum absolute atomic E-state index is 0.00925. The van der Waals surface area contributed by atoms with Crippen molar-refractivity contribution >= 4 is 23.1 Å². The van der Waals surface area contributed by atoms with Crippen molar-refractivity contribution in [3.05, 3.63) is 63.9 Å². The van der Waals surface area contributed by atoms with E-state index in [1.54, 1.807) is 24.3 Å². The number of Topliss-reactive ketones (excluding diaryl/α,β-unsaturated/α-hetero) is 1. The molecule has 134 valence electrons. The van der Waals surface area contributed by atoms with Gasteiger partial charge in [-0.15, -0.1) is 0 Å². The van der Waals surface area contributed by atoms with Crippen LogP contribution < -0.4 is 4.90 Å². The van der Waals surface area contributed by atoms with Gasteiger partial charge in [-0.2, -0.15) is 5.26 Å². The molecule has 1 fully saturated rings. The number of nitriles is 1. The Balaban J connectivity index is 1.71. The van der Waals surface area contributed by atoms with Crippen molar-refractivity contribution in [2.45, 2.75) is 13.5 Å². The van der Waals surface area contributed by atoms with Crippen molar-refractivity contribution in [2.75, 3.05) is 31.1 Å². The highest BCUT2D eigenvalue weighted by molar-refractivity contribution is 6.31. The summed E-state index contributed by atoms with van der Waals surface area (Å²) in [6.07, 6.45) is 0. The number of rotatable bonds is 4. The molecule has 0 spiro atoms. The van der Waals surface area contributed by atoms with Gasteiger partial charge in [-0.3, -0.25) is 9.69 Å². The van der Waals surface area contributed by atoms with Gasteiger partial charge in [0.15, 0.2) is 5.78 Å². The minimum Gasteiger partial charge on any atom is -0.368 e. The normalized spacial score (nSPS) is 14.9. The molecule has 0 aromatic heterocycles. The van der Waals surface area contributed by atoms with E-state index >= 15 is 0 Å². The van der Waals surface area contributed by atoms with Gasteiger partial charge in [0.25, 0.3) is 0 Å². The highest BCUT2D eigenvalue weighted by atomic mass is 35.5. The van der Waals surface area contributed by atoms with Crippen LogP contribution in [0.3, 0.4) is 0 Å². The molecule has 1 aliphatic rings. The second-order valence-electron chi connectivity index (χ2n) is 6.40. The van der Waals surface area contributed by atoms with Crippen LogP contribution in [-0.4, -0.2) is 36.9 Å². The molecule has 26 heavy (non-hydrogen) atoms. The zero-order valence-corrected chi connectivity index (χ0v) is 15.3. The van der Waals surface area contributed by atoms with Crippen molar-refractivity contribution in [3.8, 4) is 6.07 Å². The Labute approximate surface area is 157 Å². The summed E-state index contributed by atoms with van der Waals surface area (Å²) < 4.78 is 13.2. The number of piperazine rings is 1. The Morgan fingerprint density at radius 3 is 2.54 bits per heavy atom. The molecule has 2 aromatic rings. The average Bonchev–Trinajstić information content (AvgIpc) is 2.64. The molecule has 0 bridgehead atoms. The first-order valence-electron chi connectivity index (χ1n) is 8.44. The van der Waals surface area contributed by atoms with Gasteiger partial charge in [-0.25, -0.2) is 4.39 Å². The lowest BCUT2D eigenvalue weighted by molar-refractivity contribution is 0.101. The lowest BCUT2D eigenvalue weighted by Gasteiger charge is -2.37. The summed E-state index contributed by atoms with van der Waals surface area (Å²) in [7, 11) is 0. The molecule has 3 rings (SSSR count). The molecule has 0 unspecified atom stereocenters. The quantitative estimate of drug-likeness (QED) is 0.765. The Kier molecular flexibility index (Phi) is 5.55. The maximum absolute atomic E-state index is 13.2. The Hall–Kier alpha value is -2.42.